The molecule has 0 bridgehead atoms. The maximum Gasteiger partial charge on any atom is 0.257 e. The summed E-state index contributed by atoms with van der Waals surface area (Å²) in [6.45, 7) is 2.11. The highest BCUT2D eigenvalue weighted by Crippen LogP contribution is 2.18. The summed E-state index contributed by atoms with van der Waals surface area (Å²) in [5.41, 5.74) is 0.816. The SMILES string of the molecule is NS(=O)(=O)c1ccc(NC(=O)c2ccc(OCC3CCOCC3)nc2)cc1. The van der Waals surface area contributed by atoms with Gasteiger partial charge in [0.05, 0.1) is 17.1 Å². The van der Waals surface area contributed by atoms with Gasteiger partial charge in [0.15, 0.2) is 0 Å². The van der Waals surface area contributed by atoms with Gasteiger partial charge in [-0.25, -0.2) is 18.5 Å². The number of hydrogen-bond acceptors (Lipinski definition) is 6. The lowest BCUT2D eigenvalue weighted by atomic mass is 10.0. The van der Waals surface area contributed by atoms with E-state index >= 15 is 0 Å². The largest absolute Gasteiger partial charge is 0.477 e. The summed E-state index contributed by atoms with van der Waals surface area (Å²) < 4.78 is 33.5. The first-order chi connectivity index (χ1) is 12.9. The zero-order chi connectivity index (χ0) is 19.3. The molecule has 2 heterocycles. The van der Waals surface area contributed by atoms with Crippen molar-refractivity contribution in [2.45, 2.75) is 17.7 Å². The molecule has 1 aromatic heterocycles. The molecule has 1 aliphatic heterocycles. The highest BCUT2D eigenvalue weighted by Gasteiger charge is 2.15. The maximum atomic E-state index is 12.3. The standard InChI is InChI=1S/C18H21N3O5S/c19-27(23,24)16-4-2-15(3-5-16)21-18(22)14-1-6-17(20-11-14)26-12-13-7-9-25-10-8-13/h1-6,11,13H,7-10,12H2,(H,21,22)(H2,19,23,24). The predicted molar refractivity (Wildman–Crippen MR) is 99.0 cm³/mol. The summed E-state index contributed by atoms with van der Waals surface area (Å²) in [7, 11) is -3.76. The van der Waals surface area contributed by atoms with E-state index in [2.05, 4.69) is 10.3 Å². The summed E-state index contributed by atoms with van der Waals surface area (Å²) in [4.78, 5) is 16.4. The number of primary sulfonamides is 1. The summed E-state index contributed by atoms with van der Waals surface area (Å²) in [6, 6.07) is 8.87. The molecule has 2 aromatic rings. The van der Waals surface area contributed by atoms with E-state index in [4.69, 9.17) is 14.6 Å². The Morgan fingerprint density at radius 1 is 1.19 bits per heavy atom. The van der Waals surface area contributed by atoms with E-state index in [1.807, 2.05) is 0 Å². The van der Waals surface area contributed by atoms with Crippen LogP contribution in [0.25, 0.3) is 0 Å². The molecule has 1 fully saturated rings. The fourth-order valence-corrected chi connectivity index (χ4v) is 3.16. The van der Waals surface area contributed by atoms with Gasteiger partial charge in [-0.05, 0) is 49.1 Å². The van der Waals surface area contributed by atoms with E-state index in [-0.39, 0.29) is 10.8 Å². The number of sulfonamides is 1. The van der Waals surface area contributed by atoms with Crippen LogP contribution in [-0.2, 0) is 14.8 Å². The molecule has 0 aliphatic carbocycles. The van der Waals surface area contributed by atoms with Crippen LogP contribution in [0.2, 0.25) is 0 Å². The highest BCUT2D eigenvalue weighted by atomic mass is 32.2. The third kappa shape index (κ3) is 5.49. The number of hydrogen-bond donors (Lipinski definition) is 2. The third-order valence-corrected chi connectivity index (χ3v) is 5.18. The summed E-state index contributed by atoms with van der Waals surface area (Å²) in [5.74, 6) is 0.571. The molecular weight excluding hydrogens is 370 g/mol. The number of anilines is 1. The maximum absolute atomic E-state index is 12.3. The van der Waals surface area contributed by atoms with Crippen LogP contribution in [0.5, 0.6) is 5.88 Å². The fraction of sp³-hybridized carbons (Fsp3) is 0.333. The van der Waals surface area contributed by atoms with Crippen LogP contribution in [0.3, 0.4) is 0 Å². The molecule has 8 nitrogen and oxygen atoms in total. The van der Waals surface area contributed by atoms with E-state index in [0.29, 0.717) is 29.7 Å². The number of carbonyl (C=O) groups is 1. The summed E-state index contributed by atoms with van der Waals surface area (Å²) in [5, 5.41) is 7.71. The van der Waals surface area contributed by atoms with Crippen LogP contribution in [0.15, 0.2) is 47.5 Å². The van der Waals surface area contributed by atoms with E-state index in [0.717, 1.165) is 26.1 Å². The molecule has 1 amide bonds. The first kappa shape index (κ1) is 19.3. The molecule has 0 radical (unpaired) electrons. The average molecular weight is 391 g/mol. The molecule has 27 heavy (non-hydrogen) atoms. The zero-order valence-corrected chi connectivity index (χ0v) is 15.4. The van der Waals surface area contributed by atoms with Crippen LogP contribution in [-0.4, -0.2) is 39.1 Å². The Morgan fingerprint density at radius 2 is 1.89 bits per heavy atom. The van der Waals surface area contributed by atoms with Crippen LogP contribution in [0.1, 0.15) is 23.2 Å². The first-order valence-electron chi connectivity index (χ1n) is 8.52. The second-order valence-electron chi connectivity index (χ2n) is 6.28. The Bertz CT molecular complexity index is 876. The minimum atomic E-state index is -3.76. The minimum Gasteiger partial charge on any atom is -0.477 e. The number of rotatable bonds is 6. The Morgan fingerprint density at radius 3 is 2.48 bits per heavy atom. The Labute approximate surface area is 157 Å². The lowest BCUT2D eigenvalue weighted by Crippen LogP contribution is -2.21. The smallest absolute Gasteiger partial charge is 0.257 e. The van der Waals surface area contributed by atoms with Crippen LogP contribution < -0.4 is 15.2 Å². The molecule has 0 saturated carbocycles. The van der Waals surface area contributed by atoms with Gasteiger partial charge in [0.2, 0.25) is 15.9 Å². The molecule has 1 aromatic carbocycles. The van der Waals surface area contributed by atoms with E-state index in [9.17, 15) is 13.2 Å². The lowest BCUT2D eigenvalue weighted by Gasteiger charge is -2.21. The van der Waals surface area contributed by atoms with Crippen molar-refractivity contribution in [1.29, 1.82) is 0 Å². The fourth-order valence-electron chi connectivity index (χ4n) is 2.65. The molecule has 0 unspecified atom stereocenters. The van der Waals surface area contributed by atoms with Crippen molar-refractivity contribution in [3.8, 4) is 5.88 Å². The van der Waals surface area contributed by atoms with Crippen LogP contribution in [0.4, 0.5) is 5.69 Å². The zero-order valence-electron chi connectivity index (χ0n) is 14.6. The number of nitrogens with two attached hydrogens (primary N) is 1. The summed E-state index contributed by atoms with van der Waals surface area (Å²) >= 11 is 0. The number of nitrogens with one attached hydrogen (secondary N) is 1. The minimum absolute atomic E-state index is 0.0202. The predicted octanol–water partition coefficient (Wildman–Crippen LogP) is 1.79. The Kier molecular flexibility index (Phi) is 6.04. The van der Waals surface area contributed by atoms with Crippen LogP contribution in [0, 0.1) is 5.92 Å². The number of ether oxygens (including phenoxy) is 2. The Hall–Kier alpha value is -2.49. The van der Waals surface area contributed by atoms with Gasteiger partial charge in [0, 0.05) is 31.2 Å². The van der Waals surface area contributed by atoms with Gasteiger partial charge in [-0.1, -0.05) is 0 Å². The molecule has 1 aliphatic rings. The van der Waals surface area contributed by atoms with Crippen molar-refractivity contribution in [3.05, 3.63) is 48.2 Å². The topological polar surface area (TPSA) is 121 Å². The molecule has 3 rings (SSSR count). The van der Waals surface area contributed by atoms with Gasteiger partial charge < -0.3 is 14.8 Å². The molecular formula is C18H21N3O5S. The molecule has 0 atom stereocenters. The molecule has 9 heteroatoms. The molecule has 144 valence electrons. The van der Waals surface area contributed by atoms with Gasteiger partial charge in [-0.15, -0.1) is 0 Å². The van der Waals surface area contributed by atoms with Gasteiger partial charge >= 0.3 is 0 Å². The quantitative estimate of drug-likeness (QED) is 0.774. The van der Waals surface area contributed by atoms with Crippen molar-refractivity contribution in [3.63, 3.8) is 0 Å². The molecule has 1 saturated heterocycles. The monoisotopic (exact) mass is 391 g/mol. The van der Waals surface area contributed by atoms with Gasteiger partial charge in [0.1, 0.15) is 0 Å². The second kappa shape index (κ2) is 8.47. The van der Waals surface area contributed by atoms with Crippen molar-refractivity contribution in [2.24, 2.45) is 11.1 Å². The Balaban J connectivity index is 1.55. The van der Waals surface area contributed by atoms with Gasteiger partial charge in [0.25, 0.3) is 5.91 Å². The highest BCUT2D eigenvalue weighted by molar-refractivity contribution is 7.89. The van der Waals surface area contributed by atoms with E-state index < -0.39 is 10.0 Å². The first-order valence-corrected chi connectivity index (χ1v) is 10.1. The second-order valence-corrected chi connectivity index (χ2v) is 7.84. The third-order valence-electron chi connectivity index (χ3n) is 4.25. The molecule has 0 spiro atoms. The van der Waals surface area contributed by atoms with Crippen molar-refractivity contribution < 1.29 is 22.7 Å². The number of pyridine rings is 1. The van der Waals surface area contributed by atoms with E-state index in [1.54, 1.807) is 12.1 Å². The van der Waals surface area contributed by atoms with Gasteiger partial charge in [-0.2, -0.15) is 0 Å². The van der Waals surface area contributed by atoms with Crippen molar-refractivity contribution >= 4 is 21.6 Å². The van der Waals surface area contributed by atoms with Gasteiger partial charge in [-0.3, -0.25) is 4.79 Å². The normalized spacial score (nSPS) is 15.3. The number of benzene rings is 1. The number of nitrogens with zero attached hydrogens (tertiary/aromatic N) is 1. The summed E-state index contributed by atoms with van der Waals surface area (Å²) in [6.07, 6.45) is 3.39. The lowest BCUT2D eigenvalue weighted by molar-refractivity contribution is 0.0490. The number of aromatic nitrogens is 1. The van der Waals surface area contributed by atoms with Crippen molar-refractivity contribution in [1.82, 2.24) is 4.98 Å². The number of carbonyl (C=O) groups excluding carboxylic acids is 1. The average Bonchev–Trinajstić information content (AvgIpc) is 2.67. The van der Waals surface area contributed by atoms with Crippen molar-refractivity contribution in [2.75, 3.05) is 25.1 Å². The number of amides is 1. The van der Waals surface area contributed by atoms with Crippen LogP contribution >= 0.6 is 0 Å². The van der Waals surface area contributed by atoms with E-state index in [1.165, 1.54) is 30.5 Å². The molecule has 3 N–H and O–H groups in total.